The van der Waals surface area contributed by atoms with Crippen molar-refractivity contribution in [2.45, 2.75) is 241 Å². The lowest BCUT2D eigenvalue weighted by atomic mass is 9.51. The standard InChI is InChI=1S/C73H85N3O/c1-66(2)40-71(11,58-24-20-46(30-59(58)66)63-33-51-42-13-15-43(16-14-42)54(51)37-74-63)41-73-27-25-44(26-28-73)53-35-65(76-39-62(53)73)47-18-22-56-60(31-47)68(5,6)72(12,67(56,3)4)36-49-29-45-17-21-50(49)55-38-75-64(34-52(45)55)48-19-23-57-61(32-48)70(9,10)77-69(57,7)8/h18-20,22-24,30-35,37-39,42-45,49-50H,13-17,21,25-29,36,40-41H2,1-12H3. The summed E-state index contributed by atoms with van der Waals surface area (Å²) in [6, 6.07) is 29.5. The molecular formula is C73H85N3O. The Balaban J connectivity index is 0.694. The highest BCUT2D eigenvalue weighted by molar-refractivity contribution is 5.69. The van der Waals surface area contributed by atoms with Crippen LogP contribution in [0.1, 0.15) is 269 Å². The number of fused-ring (bicyclic) bond motifs is 9. The normalized spacial score (nSPS) is 33.0. The molecule has 5 unspecified atom stereocenters. The molecule has 0 N–H and O–H groups in total. The number of rotatable bonds is 7. The van der Waals surface area contributed by atoms with Gasteiger partial charge in [-0.1, -0.05) is 91.8 Å². The third-order valence-electron chi connectivity index (χ3n) is 24.7. The zero-order valence-electron chi connectivity index (χ0n) is 48.8. The van der Waals surface area contributed by atoms with Crippen molar-refractivity contribution in [3.8, 4) is 33.8 Å². The van der Waals surface area contributed by atoms with Gasteiger partial charge >= 0.3 is 0 Å². The van der Waals surface area contributed by atoms with E-state index in [-0.39, 0.29) is 43.7 Å². The Morgan fingerprint density at radius 3 is 1.62 bits per heavy atom. The second-order valence-electron chi connectivity index (χ2n) is 30.5. The highest BCUT2D eigenvalue weighted by Gasteiger charge is 2.61. The Hall–Kier alpha value is -4.93. The average Bonchev–Trinajstić information content (AvgIpc) is 4.04. The third kappa shape index (κ3) is 6.81. The SMILES string of the molecule is CC1(C)CC(C)(CC23CCC(CC2)c2cc(-c4ccc5c(c4)C(C)(C)C(C)(CC4CC6CCC4c4cnc(-c7ccc8c(c7)C(C)(C)OC8(C)C)cc46)C5(C)C)ncc23)c2ccc(-c3cc4c(cn3)C3CCC4CC3)cc21. The highest BCUT2D eigenvalue weighted by atomic mass is 16.5. The van der Waals surface area contributed by atoms with Gasteiger partial charge in [0.1, 0.15) is 0 Å². The number of aromatic nitrogens is 3. The molecule has 18 rings (SSSR count). The summed E-state index contributed by atoms with van der Waals surface area (Å²) in [5, 5.41) is 0. The van der Waals surface area contributed by atoms with Gasteiger partial charge < -0.3 is 4.74 Å². The van der Waals surface area contributed by atoms with Gasteiger partial charge in [-0.15, -0.1) is 0 Å². The molecule has 11 aliphatic carbocycles. The van der Waals surface area contributed by atoms with Crippen LogP contribution in [-0.4, -0.2) is 15.0 Å². The number of ether oxygens (including phenoxy) is 1. The molecule has 4 heterocycles. The maximum Gasteiger partial charge on any atom is 0.0891 e. The first-order valence-electron chi connectivity index (χ1n) is 30.7. The van der Waals surface area contributed by atoms with Crippen molar-refractivity contribution in [2.75, 3.05) is 0 Å². The van der Waals surface area contributed by atoms with Crippen LogP contribution in [0.3, 0.4) is 0 Å². The molecule has 3 fully saturated rings. The van der Waals surface area contributed by atoms with Crippen LogP contribution < -0.4 is 0 Å². The van der Waals surface area contributed by atoms with Crippen molar-refractivity contribution in [1.29, 1.82) is 0 Å². The summed E-state index contributed by atoms with van der Waals surface area (Å²) in [6.45, 7) is 29.4. The smallest absolute Gasteiger partial charge is 0.0891 e. The minimum atomic E-state index is -0.316. The predicted molar refractivity (Wildman–Crippen MR) is 314 cm³/mol. The van der Waals surface area contributed by atoms with E-state index in [1.165, 1.54) is 146 Å². The molecule has 5 atom stereocenters. The van der Waals surface area contributed by atoms with Crippen LogP contribution in [0, 0.1) is 11.3 Å². The summed E-state index contributed by atoms with van der Waals surface area (Å²) in [5.41, 5.74) is 25.3. The van der Waals surface area contributed by atoms with E-state index < -0.39 is 0 Å². The lowest BCUT2D eigenvalue weighted by molar-refractivity contribution is -0.105. The summed E-state index contributed by atoms with van der Waals surface area (Å²) in [4.78, 5) is 15.9. The predicted octanol–water partition coefficient (Wildman–Crippen LogP) is 18.7. The van der Waals surface area contributed by atoms with Gasteiger partial charge in [0.15, 0.2) is 0 Å². The second-order valence-corrected chi connectivity index (χ2v) is 30.5. The van der Waals surface area contributed by atoms with E-state index in [2.05, 4.69) is 174 Å². The average molecular weight is 1020 g/mol. The van der Waals surface area contributed by atoms with E-state index in [1.54, 1.807) is 38.9 Å². The summed E-state index contributed by atoms with van der Waals surface area (Å²) < 4.78 is 6.54. The number of nitrogens with zero attached hydrogens (tertiary/aromatic N) is 3. The van der Waals surface area contributed by atoms with Crippen LogP contribution in [-0.2, 0) is 43.0 Å². The number of pyridine rings is 3. The quantitative estimate of drug-likeness (QED) is 0.160. The monoisotopic (exact) mass is 1020 g/mol. The molecule has 0 amide bonds. The Bertz CT molecular complexity index is 3480. The van der Waals surface area contributed by atoms with Crippen molar-refractivity contribution >= 4 is 0 Å². The molecule has 6 aromatic rings. The van der Waals surface area contributed by atoms with Crippen LogP contribution in [0.15, 0.2) is 91.4 Å². The molecule has 398 valence electrons. The van der Waals surface area contributed by atoms with Crippen LogP contribution in [0.4, 0.5) is 0 Å². The van der Waals surface area contributed by atoms with Gasteiger partial charge in [0.2, 0.25) is 0 Å². The lowest BCUT2D eigenvalue weighted by Gasteiger charge is -2.53. The fourth-order valence-corrected chi connectivity index (χ4v) is 20.5. The molecule has 6 bridgehead atoms. The highest BCUT2D eigenvalue weighted by Crippen LogP contribution is 2.68. The zero-order chi connectivity index (χ0) is 53.2. The summed E-state index contributed by atoms with van der Waals surface area (Å²) in [7, 11) is 0. The van der Waals surface area contributed by atoms with Gasteiger partial charge in [-0.25, -0.2) is 0 Å². The largest absolute Gasteiger partial charge is 0.360 e. The van der Waals surface area contributed by atoms with E-state index in [0.29, 0.717) is 23.7 Å². The molecule has 4 heteroatoms. The number of hydrogen-bond donors (Lipinski definition) is 0. The Kier molecular flexibility index (Phi) is 10.2. The molecule has 3 saturated carbocycles. The molecule has 4 nitrogen and oxygen atoms in total. The van der Waals surface area contributed by atoms with Crippen molar-refractivity contribution in [3.63, 3.8) is 0 Å². The van der Waals surface area contributed by atoms with Gasteiger partial charge in [0, 0.05) is 35.3 Å². The van der Waals surface area contributed by atoms with E-state index in [4.69, 9.17) is 19.7 Å². The maximum atomic E-state index is 6.54. The zero-order valence-corrected chi connectivity index (χ0v) is 48.8. The fourth-order valence-electron chi connectivity index (χ4n) is 20.5. The second kappa shape index (κ2) is 15.9. The van der Waals surface area contributed by atoms with E-state index >= 15 is 0 Å². The van der Waals surface area contributed by atoms with Crippen molar-refractivity contribution in [3.05, 3.63) is 158 Å². The molecule has 0 saturated heterocycles. The molecule has 3 aromatic heterocycles. The van der Waals surface area contributed by atoms with E-state index in [1.807, 2.05) is 0 Å². The van der Waals surface area contributed by atoms with Crippen LogP contribution >= 0.6 is 0 Å². The molecular weight excluding hydrogens is 935 g/mol. The first-order chi connectivity index (χ1) is 36.5. The Labute approximate surface area is 461 Å². The van der Waals surface area contributed by atoms with Crippen molar-refractivity contribution in [2.24, 2.45) is 11.3 Å². The van der Waals surface area contributed by atoms with Gasteiger partial charge in [0.05, 0.1) is 28.3 Å². The molecule has 0 spiro atoms. The summed E-state index contributed by atoms with van der Waals surface area (Å²) in [6.07, 6.45) is 25.0. The fraction of sp³-hybridized carbons (Fsp3) is 0.548. The van der Waals surface area contributed by atoms with Crippen LogP contribution in [0.5, 0.6) is 0 Å². The molecule has 0 radical (unpaired) electrons. The van der Waals surface area contributed by atoms with Gasteiger partial charge in [-0.05, 0) is 289 Å². The molecule has 77 heavy (non-hydrogen) atoms. The minimum absolute atomic E-state index is 0.0152. The van der Waals surface area contributed by atoms with Crippen LogP contribution in [0.25, 0.3) is 33.8 Å². The first kappa shape index (κ1) is 49.1. The maximum absolute atomic E-state index is 6.54. The van der Waals surface area contributed by atoms with Crippen LogP contribution in [0.2, 0.25) is 0 Å². The minimum Gasteiger partial charge on any atom is -0.360 e. The molecule has 12 aliphatic rings. The third-order valence-corrected chi connectivity index (χ3v) is 24.7. The van der Waals surface area contributed by atoms with Gasteiger partial charge in [0.25, 0.3) is 0 Å². The van der Waals surface area contributed by atoms with Gasteiger partial charge in [-0.3, -0.25) is 15.0 Å². The van der Waals surface area contributed by atoms with E-state index in [9.17, 15) is 0 Å². The molecule has 3 aromatic carbocycles. The summed E-state index contributed by atoms with van der Waals surface area (Å²) >= 11 is 0. The number of benzene rings is 3. The Morgan fingerprint density at radius 1 is 0.442 bits per heavy atom. The first-order valence-corrected chi connectivity index (χ1v) is 30.7. The topological polar surface area (TPSA) is 47.9 Å². The molecule has 1 aliphatic heterocycles. The van der Waals surface area contributed by atoms with Gasteiger partial charge in [-0.2, -0.15) is 0 Å². The number of hydrogen-bond acceptors (Lipinski definition) is 4. The Morgan fingerprint density at radius 2 is 0.948 bits per heavy atom. The van der Waals surface area contributed by atoms with Crippen molar-refractivity contribution in [1.82, 2.24) is 15.0 Å². The summed E-state index contributed by atoms with van der Waals surface area (Å²) in [5.74, 6) is 3.90. The van der Waals surface area contributed by atoms with E-state index in [0.717, 1.165) is 17.5 Å². The van der Waals surface area contributed by atoms with Crippen molar-refractivity contribution < 1.29 is 4.74 Å². The lowest BCUT2D eigenvalue weighted by Crippen LogP contribution is -2.48.